The summed E-state index contributed by atoms with van der Waals surface area (Å²) in [5.74, 6) is 0. The molecule has 0 spiro atoms. The molecule has 0 saturated heterocycles. The zero-order valence-electron chi connectivity index (χ0n) is 10.2. The topological polar surface area (TPSA) is 66.5 Å². The molecule has 0 fully saturated rings. The second kappa shape index (κ2) is 3.47. The van der Waals surface area contributed by atoms with E-state index in [0.717, 1.165) is 32.7 Å². The summed E-state index contributed by atoms with van der Waals surface area (Å²) in [6.07, 6.45) is -1.78. The van der Waals surface area contributed by atoms with E-state index in [1.54, 1.807) is 12.1 Å². The fraction of sp³-hybridized carbons (Fsp3) is 0.125. The summed E-state index contributed by atoms with van der Waals surface area (Å²) in [5.41, 5.74) is 8.24. The fourth-order valence-electron chi connectivity index (χ4n) is 3.13. The second-order valence-electron chi connectivity index (χ2n) is 5.07. The standard InChI is InChI=1S/C16H13NO2/c17-12-7-6-11-14-9(12)5-4-8-2-1-3-10(13(8)14)15(18)16(11)19/h1-7,15-16,18-19H,17H2/t15-,16-/m1/s1. The molecule has 0 aromatic heterocycles. The predicted molar refractivity (Wildman–Crippen MR) is 75.8 cm³/mol. The maximum absolute atomic E-state index is 10.3. The Kier molecular flexibility index (Phi) is 1.97. The first kappa shape index (κ1) is 10.8. The van der Waals surface area contributed by atoms with Crippen molar-refractivity contribution in [1.29, 1.82) is 0 Å². The van der Waals surface area contributed by atoms with Crippen LogP contribution < -0.4 is 5.73 Å². The second-order valence-corrected chi connectivity index (χ2v) is 5.07. The van der Waals surface area contributed by atoms with E-state index in [9.17, 15) is 10.2 Å². The first-order valence-corrected chi connectivity index (χ1v) is 6.28. The number of nitrogens with two attached hydrogens (primary N) is 1. The average molecular weight is 251 g/mol. The van der Waals surface area contributed by atoms with E-state index >= 15 is 0 Å². The molecule has 4 rings (SSSR count). The number of hydrogen-bond acceptors (Lipinski definition) is 3. The summed E-state index contributed by atoms with van der Waals surface area (Å²) < 4.78 is 0. The predicted octanol–water partition coefficient (Wildman–Crippen LogP) is 2.66. The average Bonchev–Trinajstić information content (AvgIpc) is 2.44. The quantitative estimate of drug-likeness (QED) is 0.425. The van der Waals surface area contributed by atoms with Crippen LogP contribution in [-0.2, 0) is 0 Å². The monoisotopic (exact) mass is 251 g/mol. The summed E-state index contributed by atoms with van der Waals surface area (Å²) in [4.78, 5) is 0. The number of aliphatic hydroxyl groups is 2. The first-order valence-electron chi connectivity index (χ1n) is 6.28. The molecule has 0 saturated carbocycles. The van der Waals surface area contributed by atoms with Crippen LogP contribution in [0.5, 0.6) is 0 Å². The van der Waals surface area contributed by atoms with Crippen molar-refractivity contribution in [3.63, 3.8) is 0 Å². The van der Waals surface area contributed by atoms with Gasteiger partial charge in [-0.3, -0.25) is 0 Å². The van der Waals surface area contributed by atoms with E-state index in [4.69, 9.17) is 5.73 Å². The van der Waals surface area contributed by atoms with Crippen LogP contribution >= 0.6 is 0 Å². The van der Waals surface area contributed by atoms with Gasteiger partial charge in [0.25, 0.3) is 0 Å². The normalized spacial score (nSPS) is 21.4. The van der Waals surface area contributed by atoms with Crippen LogP contribution in [0.15, 0.2) is 42.5 Å². The minimum absolute atomic E-state index is 0.694. The van der Waals surface area contributed by atoms with Crippen molar-refractivity contribution in [2.75, 3.05) is 5.73 Å². The fourth-order valence-corrected chi connectivity index (χ4v) is 3.13. The minimum Gasteiger partial charge on any atom is -0.398 e. The van der Waals surface area contributed by atoms with Gasteiger partial charge in [0.2, 0.25) is 0 Å². The van der Waals surface area contributed by atoms with E-state index in [0.29, 0.717) is 5.69 Å². The van der Waals surface area contributed by atoms with E-state index in [-0.39, 0.29) is 0 Å². The van der Waals surface area contributed by atoms with Crippen LogP contribution in [0.25, 0.3) is 21.5 Å². The zero-order chi connectivity index (χ0) is 13.1. The number of hydrogen-bond donors (Lipinski definition) is 3. The van der Waals surface area contributed by atoms with Crippen molar-refractivity contribution in [2.24, 2.45) is 0 Å². The lowest BCUT2D eigenvalue weighted by atomic mass is 9.82. The molecular formula is C16H13NO2. The molecule has 0 bridgehead atoms. The number of benzene rings is 3. The Hall–Kier alpha value is -2.10. The van der Waals surface area contributed by atoms with Gasteiger partial charge in [0.1, 0.15) is 12.2 Å². The molecular weight excluding hydrogens is 238 g/mol. The van der Waals surface area contributed by atoms with Gasteiger partial charge in [0, 0.05) is 11.1 Å². The van der Waals surface area contributed by atoms with E-state index < -0.39 is 12.2 Å². The highest BCUT2D eigenvalue weighted by Crippen LogP contribution is 2.45. The van der Waals surface area contributed by atoms with E-state index in [1.165, 1.54) is 0 Å². The summed E-state index contributed by atoms with van der Waals surface area (Å²) in [7, 11) is 0. The van der Waals surface area contributed by atoms with Crippen LogP contribution in [0, 0.1) is 0 Å². The van der Waals surface area contributed by atoms with Gasteiger partial charge in [-0.15, -0.1) is 0 Å². The van der Waals surface area contributed by atoms with Gasteiger partial charge in [-0.05, 0) is 33.4 Å². The highest BCUT2D eigenvalue weighted by Gasteiger charge is 2.29. The Labute approximate surface area is 109 Å². The number of rotatable bonds is 0. The number of nitrogen functional groups attached to an aromatic ring is 1. The molecule has 1 aliphatic rings. The summed E-state index contributed by atoms with van der Waals surface area (Å²) >= 11 is 0. The summed E-state index contributed by atoms with van der Waals surface area (Å²) in [5, 5.41) is 24.5. The van der Waals surface area contributed by atoms with Gasteiger partial charge < -0.3 is 15.9 Å². The molecule has 19 heavy (non-hydrogen) atoms. The maximum Gasteiger partial charge on any atom is 0.110 e. The van der Waals surface area contributed by atoms with Crippen LogP contribution in [0.1, 0.15) is 23.3 Å². The molecule has 0 radical (unpaired) electrons. The highest BCUT2D eigenvalue weighted by atomic mass is 16.3. The molecule has 4 N–H and O–H groups in total. The molecule has 2 atom stereocenters. The lowest BCUT2D eigenvalue weighted by molar-refractivity contribution is 0.0178. The largest absolute Gasteiger partial charge is 0.398 e. The van der Waals surface area contributed by atoms with Crippen LogP contribution in [0.4, 0.5) is 5.69 Å². The van der Waals surface area contributed by atoms with Gasteiger partial charge in [0.15, 0.2) is 0 Å². The first-order chi connectivity index (χ1) is 9.18. The number of aliphatic hydroxyl groups excluding tert-OH is 2. The molecule has 1 aliphatic carbocycles. The molecule has 94 valence electrons. The molecule has 0 heterocycles. The van der Waals surface area contributed by atoms with Crippen molar-refractivity contribution in [2.45, 2.75) is 12.2 Å². The molecule has 3 aromatic rings. The zero-order valence-corrected chi connectivity index (χ0v) is 10.2. The molecule has 0 aliphatic heterocycles. The third-order valence-corrected chi connectivity index (χ3v) is 4.06. The van der Waals surface area contributed by atoms with Gasteiger partial charge in [-0.2, -0.15) is 0 Å². The van der Waals surface area contributed by atoms with Crippen molar-refractivity contribution in [3.05, 3.63) is 53.6 Å². The summed E-state index contributed by atoms with van der Waals surface area (Å²) in [6.45, 7) is 0. The van der Waals surface area contributed by atoms with Crippen molar-refractivity contribution < 1.29 is 10.2 Å². The van der Waals surface area contributed by atoms with Crippen LogP contribution in [0.3, 0.4) is 0 Å². The van der Waals surface area contributed by atoms with Gasteiger partial charge >= 0.3 is 0 Å². The van der Waals surface area contributed by atoms with E-state index in [2.05, 4.69) is 0 Å². The van der Waals surface area contributed by atoms with Crippen LogP contribution in [0.2, 0.25) is 0 Å². The number of anilines is 1. The Morgan fingerprint density at radius 3 is 2.32 bits per heavy atom. The van der Waals surface area contributed by atoms with Crippen molar-refractivity contribution in [3.8, 4) is 0 Å². The SMILES string of the molecule is Nc1ccc2c3c1ccc1cccc(c13)[C@@H](O)[C@@H]2O. The molecule has 3 aromatic carbocycles. The minimum atomic E-state index is -0.899. The Balaban J connectivity index is 2.36. The van der Waals surface area contributed by atoms with E-state index in [1.807, 2.05) is 30.3 Å². The third-order valence-electron chi connectivity index (χ3n) is 4.06. The van der Waals surface area contributed by atoms with Crippen LogP contribution in [-0.4, -0.2) is 10.2 Å². The van der Waals surface area contributed by atoms with Crippen molar-refractivity contribution >= 4 is 27.2 Å². The summed E-state index contributed by atoms with van der Waals surface area (Å²) in [6, 6.07) is 13.3. The van der Waals surface area contributed by atoms with Crippen molar-refractivity contribution in [1.82, 2.24) is 0 Å². The lowest BCUT2D eigenvalue weighted by Gasteiger charge is -2.28. The van der Waals surface area contributed by atoms with Gasteiger partial charge in [-0.1, -0.05) is 36.4 Å². The Morgan fingerprint density at radius 1 is 0.789 bits per heavy atom. The Bertz CT molecular complexity index is 826. The molecule has 3 nitrogen and oxygen atoms in total. The third kappa shape index (κ3) is 1.23. The molecule has 0 unspecified atom stereocenters. The Morgan fingerprint density at radius 2 is 1.53 bits per heavy atom. The highest BCUT2D eigenvalue weighted by molar-refractivity contribution is 6.15. The maximum atomic E-state index is 10.3. The smallest absolute Gasteiger partial charge is 0.110 e. The van der Waals surface area contributed by atoms with Gasteiger partial charge in [0.05, 0.1) is 0 Å². The molecule has 3 heteroatoms. The lowest BCUT2D eigenvalue weighted by Crippen LogP contribution is -2.15. The van der Waals surface area contributed by atoms with Gasteiger partial charge in [-0.25, -0.2) is 0 Å². The molecule has 0 amide bonds.